The summed E-state index contributed by atoms with van der Waals surface area (Å²) in [7, 11) is 1.64. The molecule has 0 spiro atoms. The molecule has 0 fully saturated rings. The van der Waals surface area contributed by atoms with Crippen molar-refractivity contribution in [3.63, 3.8) is 0 Å². The van der Waals surface area contributed by atoms with E-state index in [1.807, 2.05) is 43.3 Å². The topological polar surface area (TPSA) is 35.5 Å². The van der Waals surface area contributed by atoms with Gasteiger partial charge in [-0.05, 0) is 54.8 Å². The molecular weight excluding hydrogens is 264 g/mol. The molecule has 0 heterocycles. The predicted octanol–water partition coefficient (Wildman–Crippen LogP) is 4.15. The molecule has 0 radical (unpaired) electrons. The van der Waals surface area contributed by atoms with E-state index in [-0.39, 0.29) is 0 Å². The Hall–Kier alpha value is -2.55. The second-order valence-corrected chi connectivity index (χ2v) is 4.88. The number of esters is 1. The second kappa shape index (κ2) is 6.27. The largest absolute Gasteiger partial charge is 0.497 e. The molecule has 3 nitrogen and oxygen atoms in total. The molecule has 2 aromatic carbocycles. The monoisotopic (exact) mass is 282 g/mol. The second-order valence-electron chi connectivity index (χ2n) is 4.88. The SMILES string of the molecule is C=C(C)C(=O)Oc1ccc(-c2ccc(OC)cc2)c(C)c1. The summed E-state index contributed by atoms with van der Waals surface area (Å²) in [4.78, 5) is 11.5. The number of benzene rings is 2. The van der Waals surface area contributed by atoms with Gasteiger partial charge in [-0.1, -0.05) is 24.8 Å². The fourth-order valence-corrected chi connectivity index (χ4v) is 1.99. The first kappa shape index (κ1) is 14.9. The lowest BCUT2D eigenvalue weighted by atomic mass is 10.0. The first-order valence-corrected chi connectivity index (χ1v) is 6.64. The van der Waals surface area contributed by atoms with Crippen LogP contribution in [0, 0.1) is 6.92 Å². The predicted molar refractivity (Wildman–Crippen MR) is 83.6 cm³/mol. The van der Waals surface area contributed by atoms with Crippen molar-refractivity contribution in [1.82, 2.24) is 0 Å². The molecule has 0 N–H and O–H groups in total. The van der Waals surface area contributed by atoms with E-state index in [9.17, 15) is 4.79 Å². The Labute approximate surface area is 124 Å². The normalized spacial score (nSPS) is 10.0. The molecule has 3 heteroatoms. The fourth-order valence-electron chi connectivity index (χ4n) is 1.99. The van der Waals surface area contributed by atoms with Gasteiger partial charge in [-0.15, -0.1) is 0 Å². The van der Waals surface area contributed by atoms with Crippen molar-refractivity contribution in [2.24, 2.45) is 0 Å². The Morgan fingerprint density at radius 3 is 2.19 bits per heavy atom. The maximum atomic E-state index is 11.5. The number of aryl methyl sites for hydroxylation is 1. The quantitative estimate of drug-likeness (QED) is 0.480. The summed E-state index contributed by atoms with van der Waals surface area (Å²) in [6, 6.07) is 13.4. The van der Waals surface area contributed by atoms with E-state index in [0.29, 0.717) is 11.3 Å². The van der Waals surface area contributed by atoms with E-state index >= 15 is 0 Å². The Morgan fingerprint density at radius 1 is 1.05 bits per heavy atom. The molecule has 0 atom stereocenters. The average molecular weight is 282 g/mol. The zero-order valence-corrected chi connectivity index (χ0v) is 12.5. The van der Waals surface area contributed by atoms with Crippen LogP contribution in [0.5, 0.6) is 11.5 Å². The van der Waals surface area contributed by atoms with Crippen molar-refractivity contribution >= 4 is 5.97 Å². The maximum absolute atomic E-state index is 11.5. The standard InChI is InChI=1S/C18H18O3/c1-12(2)18(19)21-16-9-10-17(13(3)11-16)14-5-7-15(20-4)8-6-14/h5-11H,1H2,2-4H3. The third-order valence-corrected chi connectivity index (χ3v) is 3.16. The van der Waals surface area contributed by atoms with Crippen LogP contribution in [0.25, 0.3) is 11.1 Å². The van der Waals surface area contributed by atoms with Gasteiger partial charge in [-0.25, -0.2) is 4.79 Å². The molecular formula is C18H18O3. The number of hydrogen-bond donors (Lipinski definition) is 0. The summed E-state index contributed by atoms with van der Waals surface area (Å²) in [5.74, 6) is 0.938. The molecule has 0 aromatic heterocycles. The minimum absolute atomic E-state index is 0.381. The van der Waals surface area contributed by atoms with Crippen molar-refractivity contribution in [2.75, 3.05) is 7.11 Å². The van der Waals surface area contributed by atoms with E-state index in [2.05, 4.69) is 6.58 Å². The lowest BCUT2D eigenvalue weighted by Gasteiger charge is -2.10. The van der Waals surface area contributed by atoms with Crippen LogP contribution in [-0.2, 0) is 4.79 Å². The molecule has 2 aromatic rings. The highest BCUT2D eigenvalue weighted by Gasteiger charge is 2.08. The molecule has 0 unspecified atom stereocenters. The highest BCUT2D eigenvalue weighted by molar-refractivity contribution is 5.88. The van der Waals surface area contributed by atoms with Crippen LogP contribution < -0.4 is 9.47 Å². The zero-order valence-electron chi connectivity index (χ0n) is 12.5. The van der Waals surface area contributed by atoms with Gasteiger partial charge in [-0.3, -0.25) is 0 Å². The number of ether oxygens (including phenoxy) is 2. The van der Waals surface area contributed by atoms with Gasteiger partial charge in [0, 0.05) is 5.57 Å². The molecule has 0 aliphatic carbocycles. The van der Waals surface area contributed by atoms with Crippen LogP contribution in [0.2, 0.25) is 0 Å². The summed E-state index contributed by atoms with van der Waals surface area (Å²) in [5, 5.41) is 0. The van der Waals surface area contributed by atoms with Gasteiger partial charge in [0.1, 0.15) is 11.5 Å². The Balaban J connectivity index is 2.26. The van der Waals surface area contributed by atoms with Crippen LogP contribution >= 0.6 is 0 Å². The summed E-state index contributed by atoms with van der Waals surface area (Å²) in [6.07, 6.45) is 0. The maximum Gasteiger partial charge on any atom is 0.338 e. The minimum Gasteiger partial charge on any atom is -0.497 e. The smallest absolute Gasteiger partial charge is 0.338 e. The molecule has 0 aliphatic heterocycles. The number of carbonyl (C=O) groups is 1. The molecule has 0 bridgehead atoms. The third kappa shape index (κ3) is 3.51. The molecule has 0 saturated carbocycles. The number of methoxy groups -OCH3 is 1. The molecule has 0 saturated heterocycles. The highest BCUT2D eigenvalue weighted by atomic mass is 16.5. The summed E-state index contributed by atoms with van der Waals surface area (Å²) in [6.45, 7) is 7.18. The van der Waals surface area contributed by atoms with Gasteiger partial charge < -0.3 is 9.47 Å². The molecule has 0 aliphatic rings. The first-order chi connectivity index (χ1) is 10.0. The van der Waals surface area contributed by atoms with Crippen LogP contribution in [0.4, 0.5) is 0 Å². The van der Waals surface area contributed by atoms with E-state index < -0.39 is 5.97 Å². The molecule has 2 rings (SSSR count). The molecule has 108 valence electrons. The van der Waals surface area contributed by atoms with Crippen LogP contribution in [0.1, 0.15) is 12.5 Å². The van der Waals surface area contributed by atoms with Crippen LogP contribution in [0.3, 0.4) is 0 Å². The molecule has 0 amide bonds. The van der Waals surface area contributed by atoms with Crippen LogP contribution in [0.15, 0.2) is 54.6 Å². The van der Waals surface area contributed by atoms with Crippen LogP contribution in [-0.4, -0.2) is 13.1 Å². The summed E-state index contributed by atoms with van der Waals surface area (Å²) in [5.41, 5.74) is 3.60. The van der Waals surface area contributed by atoms with Crippen molar-refractivity contribution < 1.29 is 14.3 Å². The van der Waals surface area contributed by atoms with E-state index in [4.69, 9.17) is 9.47 Å². The minimum atomic E-state index is -0.411. The summed E-state index contributed by atoms with van der Waals surface area (Å²) >= 11 is 0. The number of hydrogen-bond acceptors (Lipinski definition) is 3. The van der Waals surface area contributed by atoms with Gasteiger partial charge in [0.2, 0.25) is 0 Å². The van der Waals surface area contributed by atoms with E-state index in [1.165, 1.54) is 0 Å². The first-order valence-electron chi connectivity index (χ1n) is 6.64. The Morgan fingerprint density at radius 2 is 1.67 bits per heavy atom. The van der Waals surface area contributed by atoms with E-state index in [1.54, 1.807) is 20.1 Å². The number of carbonyl (C=O) groups excluding carboxylic acids is 1. The van der Waals surface area contributed by atoms with Gasteiger partial charge in [0.15, 0.2) is 0 Å². The average Bonchev–Trinajstić information content (AvgIpc) is 2.47. The third-order valence-electron chi connectivity index (χ3n) is 3.16. The van der Waals surface area contributed by atoms with Crippen molar-refractivity contribution in [3.8, 4) is 22.6 Å². The van der Waals surface area contributed by atoms with Gasteiger partial charge in [0.25, 0.3) is 0 Å². The highest BCUT2D eigenvalue weighted by Crippen LogP contribution is 2.28. The van der Waals surface area contributed by atoms with Crippen molar-refractivity contribution in [2.45, 2.75) is 13.8 Å². The Bertz CT molecular complexity index is 669. The Kier molecular flexibility index (Phi) is 4.43. The lowest BCUT2D eigenvalue weighted by Crippen LogP contribution is -2.08. The van der Waals surface area contributed by atoms with Crippen molar-refractivity contribution in [1.29, 1.82) is 0 Å². The van der Waals surface area contributed by atoms with Gasteiger partial charge in [-0.2, -0.15) is 0 Å². The van der Waals surface area contributed by atoms with Gasteiger partial charge >= 0.3 is 5.97 Å². The van der Waals surface area contributed by atoms with E-state index in [0.717, 1.165) is 22.4 Å². The summed E-state index contributed by atoms with van der Waals surface area (Å²) < 4.78 is 10.4. The van der Waals surface area contributed by atoms with Crippen molar-refractivity contribution in [3.05, 3.63) is 60.2 Å². The number of rotatable bonds is 4. The van der Waals surface area contributed by atoms with Gasteiger partial charge in [0.05, 0.1) is 7.11 Å². The zero-order chi connectivity index (χ0) is 15.4. The lowest BCUT2D eigenvalue weighted by molar-refractivity contribution is -0.130. The molecule has 21 heavy (non-hydrogen) atoms. The fraction of sp³-hybridized carbons (Fsp3) is 0.167.